The van der Waals surface area contributed by atoms with Gasteiger partial charge in [-0.3, -0.25) is 9.53 Å². The van der Waals surface area contributed by atoms with Crippen molar-refractivity contribution in [3.8, 4) is 0 Å². The summed E-state index contributed by atoms with van der Waals surface area (Å²) < 4.78 is 81.4. The summed E-state index contributed by atoms with van der Waals surface area (Å²) in [6.07, 6.45) is -11.2. The highest BCUT2D eigenvalue weighted by Crippen LogP contribution is 2.55. The Morgan fingerprint density at radius 3 is 2.40 bits per heavy atom. The summed E-state index contributed by atoms with van der Waals surface area (Å²) in [5, 5.41) is -0.126. The molecule has 2 atom stereocenters. The number of hydrogen-bond donors (Lipinski definition) is 1. The second kappa shape index (κ2) is 6.52. The zero-order chi connectivity index (χ0) is 19.2. The molecule has 0 spiro atoms. The van der Waals surface area contributed by atoms with Gasteiger partial charge in [0.15, 0.2) is 0 Å². The van der Waals surface area contributed by atoms with E-state index in [1.54, 1.807) is 0 Å². The molecule has 2 N–H and O–H groups in total. The van der Waals surface area contributed by atoms with Crippen molar-refractivity contribution >= 4 is 39.5 Å². The molecule has 1 heterocycles. The van der Waals surface area contributed by atoms with Gasteiger partial charge >= 0.3 is 12.5 Å². The van der Waals surface area contributed by atoms with Gasteiger partial charge in [0.25, 0.3) is 11.6 Å². The third-order valence-electron chi connectivity index (χ3n) is 3.15. The van der Waals surface area contributed by atoms with Crippen molar-refractivity contribution in [3.05, 3.63) is 29.8 Å². The minimum atomic E-state index is -5.65. The zero-order valence-corrected chi connectivity index (χ0v) is 14.6. The monoisotopic (exact) mass is 453 g/mol. The molecule has 1 aliphatic heterocycles. The van der Waals surface area contributed by atoms with E-state index in [1.165, 1.54) is 12.1 Å². The maximum absolute atomic E-state index is 13.7. The number of nitrogen functional groups attached to an aromatic ring is 1. The fourth-order valence-corrected chi connectivity index (χ4v) is 4.46. The molecule has 1 fully saturated rings. The number of carbonyl (C=O) groups is 1. The number of nitrogens with two attached hydrogens (primary N) is 1. The van der Waals surface area contributed by atoms with Gasteiger partial charge in [0, 0.05) is 18.3 Å². The zero-order valence-electron chi connectivity index (χ0n) is 12.2. The number of carbonyl (C=O) groups excluding carboxylic acids is 1. The highest BCUT2D eigenvalue weighted by molar-refractivity contribution is 9.11. The first-order valence-corrected chi connectivity index (χ1v) is 8.13. The van der Waals surface area contributed by atoms with Gasteiger partial charge in [0.2, 0.25) is 0 Å². The second-order valence-corrected chi connectivity index (χ2v) is 7.60. The van der Waals surface area contributed by atoms with Crippen LogP contribution >= 0.6 is 27.9 Å². The number of hydrogen-bond acceptors (Lipinski definition) is 5. The number of amides is 1. The smallest absolute Gasteiger partial charge is 0.399 e. The molecule has 140 valence electrons. The van der Waals surface area contributed by atoms with Gasteiger partial charge in [0.1, 0.15) is 4.16 Å². The molecule has 2 unspecified atom stereocenters. The fraction of sp³-hybridized carbons (Fsp3) is 0.417. The van der Waals surface area contributed by atoms with Crippen molar-refractivity contribution in [3.63, 3.8) is 0 Å². The first-order chi connectivity index (χ1) is 11.3. The Kier molecular flexibility index (Phi) is 5.25. The van der Waals surface area contributed by atoms with E-state index in [0.29, 0.717) is 16.4 Å². The van der Waals surface area contributed by atoms with Crippen LogP contribution in [0.15, 0.2) is 24.3 Å². The Morgan fingerprint density at radius 2 is 1.92 bits per heavy atom. The number of hydrazine groups is 1. The average Bonchev–Trinajstić information content (AvgIpc) is 2.67. The van der Waals surface area contributed by atoms with E-state index in [9.17, 15) is 31.1 Å². The van der Waals surface area contributed by atoms with E-state index in [4.69, 9.17) is 5.73 Å². The molecule has 0 aliphatic carbocycles. The van der Waals surface area contributed by atoms with Crippen molar-refractivity contribution in [1.29, 1.82) is 0 Å². The predicted molar refractivity (Wildman–Crippen MR) is 81.0 cm³/mol. The van der Waals surface area contributed by atoms with Crippen LogP contribution in [0.5, 0.6) is 0 Å². The van der Waals surface area contributed by atoms with Gasteiger partial charge in [-0.05, 0) is 30.1 Å². The molecule has 5 nitrogen and oxygen atoms in total. The summed E-state index contributed by atoms with van der Waals surface area (Å²) >= 11 is 2.85. The lowest BCUT2D eigenvalue weighted by atomic mass is 10.1. The lowest BCUT2D eigenvalue weighted by molar-refractivity contribution is -0.440. The third kappa shape index (κ3) is 3.68. The maximum Gasteiger partial charge on any atom is 0.525 e. The summed E-state index contributed by atoms with van der Waals surface area (Å²) in [6.45, 7) is 0. The van der Waals surface area contributed by atoms with Gasteiger partial charge in [-0.2, -0.15) is 17.6 Å². The Hall–Kier alpha value is -1.18. The maximum atomic E-state index is 13.7. The number of alkyl halides is 7. The summed E-state index contributed by atoms with van der Waals surface area (Å²) in [6, 6.07) is 4.84. The SMILES string of the molecule is CN1SC(Br)C(OC(F)(F)F)(C(F)(F)F)N1C(=O)c1cccc(N)c1. The summed E-state index contributed by atoms with van der Waals surface area (Å²) in [7, 11) is 1.01. The standard InChI is InChI=1S/C12H10BrF6N3O2S/c1-21-22(8(23)6-3-2-4-7(20)5-6)10(9(13)25-21,11(14,15)16)24-12(17,18)19/h2-5,9H,20H2,1H3. The first-order valence-electron chi connectivity index (χ1n) is 6.38. The van der Waals surface area contributed by atoms with Crippen molar-refractivity contribution in [2.24, 2.45) is 0 Å². The Morgan fingerprint density at radius 1 is 1.32 bits per heavy atom. The van der Waals surface area contributed by atoms with Gasteiger partial charge in [-0.25, -0.2) is 5.01 Å². The van der Waals surface area contributed by atoms with Gasteiger partial charge in [-0.1, -0.05) is 22.0 Å². The number of ether oxygens (including phenoxy) is 1. The van der Waals surface area contributed by atoms with Gasteiger partial charge < -0.3 is 5.73 Å². The molecule has 1 aromatic carbocycles. The molecule has 1 aliphatic rings. The number of nitrogens with zero attached hydrogens (tertiary/aromatic N) is 2. The van der Waals surface area contributed by atoms with Crippen LogP contribution in [0.25, 0.3) is 0 Å². The minimum absolute atomic E-state index is 0.0603. The summed E-state index contributed by atoms with van der Waals surface area (Å²) in [5.74, 6) is -1.36. The van der Waals surface area contributed by atoms with E-state index in [1.807, 2.05) is 0 Å². The molecule has 0 saturated carbocycles. The quantitative estimate of drug-likeness (QED) is 0.320. The number of benzene rings is 1. The Balaban J connectivity index is 2.60. The fourth-order valence-electron chi connectivity index (χ4n) is 2.20. The second-order valence-electron chi connectivity index (χ2n) is 4.87. The highest BCUT2D eigenvalue weighted by Gasteiger charge is 2.74. The highest BCUT2D eigenvalue weighted by atomic mass is 79.9. The van der Waals surface area contributed by atoms with Crippen molar-refractivity contribution in [1.82, 2.24) is 9.42 Å². The normalized spacial score (nSPS) is 25.4. The van der Waals surface area contributed by atoms with Crippen LogP contribution in [0, 0.1) is 0 Å². The van der Waals surface area contributed by atoms with Crippen molar-refractivity contribution in [2.45, 2.75) is 22.4 Å². The van der Waals surface area contributed by atoms with E-state index >= 15 is 0 Å². The third-order valence-corrected chi connectivity index (χ3v) is 5.25. The molecule has 1 saturated heterocycles. The predicted octanol–water partition coefficient (Wildman–Crippen LogP) is 3.74. The number of halogens is 7. The first kappa shape index (κ1) is 20.1. The molecule has 1 aromatic rings. The van der Waals surface area contributed by atoms with Gasteiger partial charge in [-0.15, -0.1) is 13.2 Å². The Labute approximate surface area is 150 Å². The summed E-state index contributed by atoms with van der Waals surface area (Å²) in [4.78, 5) is 12.6. The van der Waals surface area contributed by atoms with Crippen LogP contribution in [-0.2, 0) is 4.74 Å². The molecule has 25 heavy (non-hydrogen) atoms. The molecular weight excluding hydrogens is 444 g/mol. The molecule has 13 heteroatoms. The number of rotatable bonds is 2. The molecule has 0 aromatic heterocycles. The lowest BCUT2D eigenvalue weighted by Crippen LogP contribution is -2.66. The Bertz CT molecular complexity index is 673. The lowest BCUT2D eigenvalue weighted by Gasteiger charge is -2.40. The van der Waals surface area contributed by atoms with Crippen LogP contribution in [0.4, 0.5) is 32.0 Å². The molecule has 2 rings (SSSR count). The van der Waals surface area contributed by atoms with E-state index in [2.05, 4.69) is 20.7 Å². The van der Waals surface area contributed by atoms with Crippen LogP contribution in [0.2, 0.25) is 0 Å². The average molecular weight is 454 g/mol. The van der Waals surface area contributed by atoms with E-state index in [0.717, 1.165) is 19.2 Å². The van der Waals surface area contributed by atoms with Crippen molar-refractivity contribution < 1.29 is 35.9 Å². The topological polar surface area (TPSA) is 58.8 Å². The molecule has 0 bridgehead atoms. The molecular formula is C12H10BrF6N3O2S. The largest absolute Gasteiger partial charge is 0.525 e. The van der Waals surface area contributed by atoms with Crippen LogP contribution in [-0.4, -0.2) is 44.8 Å². The van der Waals surface area contributed by atoms with Crippen molar-refractivity contribution in [2.75, 3.05) is 12.8 Å². The van der Waals surface area contributed by atoms with Crippen LogP contribution in [0.1, 0.15) is 10.4 Å². The summed E-state index contributed by atoms with van der Waals surface area (Å²) in [5.41, 5.74) is 1.22. The van der Waals surface area contributed by atoms with Crippen LogP contribution < -0.4 is 5.73 Å². The number of anilines is 1. The minimum Gasteiger partial charge on any atom is -0.399 e. The molecule has 1 amide bonds. The van der Waals surface area contributed by atoms with E-state index in [-0.39, 0.29) is 16.3 Å². The van der Waals surface area contributed by atoms with Gasteiger partial charge in [0.05, 0.1) is 0 Å². The van der Waals surface area contributed by atoms with E-state index < -0.39 is 28.3 Å². The van der Waals surface area contributed by atoms with Crippen LogP contribution in [0.3, 0.4) is 0 Å². The molecule has 0 radical (unpaired) electrons.